The molecule has 0 aliphatic heterocycles. The van der Waals surface area contributed by atoms with Crippen LogP contribution in [0.3, 0.4) is 0 Å². The molecule has 0 bridgehead atoms. The van der Waals surface area contributed by atoms with E-state index in [1.807, 2.05) is 30.6 Å². The van der Waals surface area contributed by atoms with Gasteiger partial charge in [0.05, 0.1) is 10.7 Å². The fourth-order valence-corrected chi connectivity index (χ4v) is 2.22. The molecule has 0 fully saturated rings. The molecule has 2 aromatic heterocycles. The minimum absolute atomic E-state index is 0.825. The summed E-state index contributed by atoms with van der Waals surface area (Å²) >= 11 is 1.77. The fourth-order valence-electron chi connectivity index (χ4n) is 1.43. The van der Waals surface area contributed by atoms with Gasteiger partial charge in [0.1, 0.15) is 0 Å². The van der Waals surface area contributed by atoms with Crippen molar-refractivity contribution < 1.29 is 0 Å². The zero-order valence-corrected chi connectivity index (χ0v) is 10.1. The number of hydrogen-bond donors (Lipinski definition) is 1. The Labute approximate surface area is 99.6 Å². The molecule has 0 aliphatic rings. The SMILES string of the molecule is Cc1cnc(CCNCc2ccccn2)s1. The van der Waals surface area contributed by atoms with Crippen molar-refractivity contribution in [3.8, 4) is 0 Å². The van der Waals surface area contributed by atoms with Crippen molar-refractivity contribution in [2.45, 2.75) is 19.9 Å². The van der Waals surface area contributed by atoms with Gasteiger partial charge in [-0.05, 0) is 19.1 Å². The molecule has 0 atom stereocenters. The van der Waals surface area contributed by atoms with Crippen LogP contribution in [0.25, 0.3) is 0 Å². The van der Waals surface area contributed by atoms with Gasteiger partial charge in [-0.15, -0.1) is 11.3 Å². The van der Waals surface area contributed by atoms with Gasteiger partial charge >= 0.3 is 0 Å². The number of thiazole rings is 1. The molecular formula is C12H15N3S. The standard InChI is InChI=1S/C12H15N3S/c1-10-8-15-12(16-10)5-7-13-9-11-4-2-3-6-14-11/h2-4,6,8,13H,5,7,9H2,1H3. The maximum Gasteiger partial charge on any atom is 0.0940 e. The second kappa shape index (κ2) is 5.72. The first-order valence-electron chi connectivity index (χ1n) is 5.36. The monoisotopic (exact) mass is 233 g/mol. The van der Waals surface area contributed by atoms with Gasteiger partial charge in [0, 0.05) is 36.8 Å². The van der Waals surface area contributed by atoms with E-state index >= 15 is 0 Å². The Bertz CT molecular complexity index is 425. The van der Waals surface area contributed by atoms with E-state index in [1.165, 1.54) is 9.88 Å². The summed E-state index contributed by atoms with van der Waals surface area (Å²) in [7, 11) is 0. The van der Waals surface area contributed by atoms with Gasteiger partial charge in [-0.2, -0.15) is 0 Å². The van der Waals surface area contributed by atoms with Crippen molar-refractivity contribution in [2.75, 3.05) is 6.54 Å². The zero-order valence-electron chi connectivity index (χ0n) is 9.31. The zero-order chi connectivity index (χ0) is 11.2. The molecule has 0 saturated heterocycles. The number of nitrogens with one attached hydrogen (secondary N) is 1. The molecule has 0 aromatic carbocycles. The van der Waals surface area contributed by atoms with Gasteiger partial charge in [0.2, 0.25) is 0 Å². The van der Waals surface area contributed by atoms with Gasteiger partial charge in [0.25, 0.3) is 0 Å². The third-order valence-electron chi connectivity index (χ3n) is 2.22. The molecule has 0 aliphatic carbocycles. The second-order valence-corrected chi connectivity index (χ2v) is 4.93. The number of rotatable bonds is 5. The van der Waals surface area contributed by atoms with Crippen LogP contribution in [0.5, 0.6) is 0 Å². The normalized spacial score (nSPS) is 10.6. The number of hydrogen-bond acceptors (Lipinski definition) is 4. The van der Waals surface area contributed by atoms with Crippen LogP contribution in [0.1, 0.15) is 15.6 Å². The lowest BCUT2D eigenvalue weighted by atomic mass is 10.3. The Morgan fingerprint density at radius 3 is 2.94 bits per heavy atom. The van der Waals surface area contributed by atoms with E-state index in [2.05, 4.69) is 22.2 Å². The molecule has 0 unspecified atom stereocenters. The topological polar surface area (TPSA) is 37.8 Å². The Hall–Kier alpha value is -1.26. The molecule has 4 heteroatoms. The lowest BCUT2D eigenvalue weighted by Crippen LogP contribution is -2.17. The third-order valence-corrected chi connectivity index (χ3v) is 3.19. The first-order valence-corrected chi connectivity index (χ1v) is 6.18. The number of aromatic nitrogens is 2. The summed E-state index contributed by atoms with van der Waals surface area (Å²) in [6.45, 7) is 3.86. The molecule has 2 heterocycles. The largest absolute Gasteiger partial charge is 0.311 e. The van der Waals surface area contributed by atoms with Crippen LogP contribution in [-0.4, -0.2) is 16.5 Å². The van der Waals surface area contributed by atoms with E-state index in [-0.39, 0.29) is 0 Å². The van der Waals surface area contributed by atoms with Crippen LogP contribution in [0.4, 0.5) is 0 Å². The summed E-state index contributed by atoms with van der Waals surface area (Å²) in [4.78, 5) is 9.85. The van der Waals surface area contributed by atoms with Crippen molar-refractivity contribution in [1.82, 2.24) is 15.3 Å². The van der Waals surface area contributed by atoms with E-state index in [1.54, 1.807) is 11.3 Å². The van der Waals surface area contributed by atoms with E-state index in [9.17, 15) is 0 Å². The summed E-state index contributed by atoms with van der Waals surface area (Å²) in [5, 5.41) is 4.56. The molecule has 2 aromatic rings. The Morgan fingerprint density at radius 2 is 2.25 bits per heavy atom. The van der Waals surface area contributed by atoms with Crippen LogP contribution in [0, 0.1) is 6.92 Å². The summed E-state index contributed by atoms with van der Waals surface area (Å²) in [5.74, 6) is 0. The Morgan fingerprint density at radius 1 is 1.31 bits per heavy atom. The summed E-state index contributed by atoms with van der Waals surface area (Å²) < 4.78 is 0. The first kappa shape index (κ1) is 11.2. The molecule has 0 radical (unpaired) electrons. The quantitative estimate of drug-likeness (QED) is 0.804. The summed E-state index contributed by atoms with van der Waals surface area (Å²) in [6, 6.07) is 5.97. The van der Waals surface area contributed by atoms with Crippen molar-refractivity contribution in [2.24, 2.45) is 0 Å². The first-order chi connectivity index (χ1) is 7.84. The van der Waals surface area contributed by atoms with E-state index in [4.69, 9.17) is 0 Å². The average molecular weight is 233 g/mol. The molecule has 0 spiro atoms. The van der Waals surface area contributed by atoms with Gasteiger partial charge in [-0.25, -0.2) is 4.98 Å². The van der Waals surface area contributed by atoms with Crippen LogP contribution >= 0.6 is 11.3 Å². The fraction of sp³-hybridized carbons (Fsp3) is 0.333. The number of pyridine rings is 1. The molecule has 16 heavy (non-hydrogen) atoms. The molecular weight excluding hydrogens is 218 g/mol. The lowest BCUT2D eigenvalue weighted by molar-refractivity contribution is 0.673. The lowest BCUT2D eigenvalue weighted by Gasteiger charge is -2.02. The van der Waals surface area contributed by atoms with Crippen LogP contribution in [-0.2, 0) is 13.0 Å². The number of nitrogens with zero attached hydrogens (tertiary/aromatic N) is 2. The Balaban J connectivity index is 1.69. The summed E-state index contributed by atoms with van der Waals surface area (Å²) in [6.07, 6.45) is 4.74. The van der Waals surface area contributed by atoms with Crippen molar-refractivity contribution in [3.63, 3.8) is 0 Å². The molecule has 1 N–H and O–H groups in total. The van der Waals surface area contributed by atoms with Crippen LogP contribution in [0.15, 0.2) is 30.6 Å². The molecule has 2 rings (SSSR count). The van der Waals surface area contributed by atoms with E-state index < -0.39 is 0 Å². The number of aryl methyl sites for hydroxylation is 1. The smallest absolute Gasteiger partial charge is 0.0940 e. The van der Waals surface area contributed by atoms with Gasteiger partial charge in [-0.3, -0.25) is 4.98 Å². The molecule has 84 valence electrons. The van der Waals surface area contributed by atoms with Crippen LogP contribution in [0.2, 0.25) is 0 Å². The maximum absolute atomic E-state index is 4.32. The minimum Gasteiger partial charge on any atom is -0.311 e. The molecule has 0 amide bonds. The van der Waals surface area contributed by atoms with Gasteiger partial charge in [-0.1, -0.05) is 6.07 Å². The van der Waals surface area contributed by atoms with Gasteiger partial charge < -0.3 is 5.32 Å². The average Bonchev–Trinajstić information content (AvgIpc) is 2.72. The van der Waals surface area contributed by atoms with E-state index in [0.29, 0.717) is 0 Å². The second-order valence-electron chi connectivity index (χ2n) is 3.61. The predicted octanol–water partition coefficient (Wildman–Crippen LogP) is 2.18. The van der Waals surface area contributed by atoms with Crippen molar-refractivity contribution in [3.05, 3.63) is 46.2 Å². The molecule has 0 saturated carbocycles. The van der Waals surface area contributed by atoms with Crippen molar-refractivity contribution in [1.29, 1.82) is 0 Å². The Kier molecular flexibility index (Phi) is 4.02. The highest BCUT2D eigenvalue weighted by Crippen LogP contribution is 2.10. The highest BCUT2D eigenvalue weighted by atomic mass is 32.1. The molecule has 3 nitrogen and oxygen atoms in total. The predicted molar refractivity (Wildman–Crippen MR) is 66.5 cm³/mol. The van der Waals surface area contributed by atoms with E-state index in [0.717, 1.165) is 25.2 Å². The third kappa shape index (κ3) is 3.40. The minimum atomic E-state index is 0.825. The van der Waals surface area contributed by atoms with Crippen LogP contribution < -0.4 is 5.32 Å². The maximum atomic E-state index is 4.32. The highest BCUT2D eigenvalue weighted by molar-refractivity contribution is 7.11. The highest BCUT2D eigenvalue weighted by Gasteiger charge is 1.98. The van der Waals surface area contributed by atoms with Crippen molar-refractivity contribution >= 4 is 11.3 Å². The van der Waals surface area contributed by atoms with Gasteiger partial charge in [0.15, 0.2) is 0 Å². The summed E-state index contributed by atoms with van der Waals surface area (Å²) in [5.41, 5.74) is 1.08.